The van der Waals surface area contributed by atoms with Gasteiger partial charge in [0, 0.05) is 50.2 Å². The third-order valence-corrected chi connectivity index (χ3v) is 5.56. The number of nitrogens with zero attached hydrogens (tertiary/aromatic N) is 3. The third kappa shape index (κ3) is 3.76. The van der Waals surface area contributed by atoms with Crippen LogP contribution in [0.25, 0.3) is 0 Å². The van der Waals surface area contributed by atoms with Crippen LogP contribution in [-0.2, 0) is 4.79 Å². The molecule has 7 nitrogen and oxygen atoms in total. The van der Waals surface area contributed by atoms with Crippen LogP contribution in [0.3, 0.4) is 0 Å². The summed E-state index contributed by atoms with van der Waals surface area (Å²) in [5.74, 6) is 0.135. The number of nitrogens with one attached hydrogen (secondary N) is 2. The van der Waals surface area contributed by atoms with E-state index in [4.69, 9.17) is 0 Å². The number of amides is 2. The van der Waals surface area contributed by atoms with Gasteiger partial charge in [0.25, 0.3) is 5.91 Å². The van der Waals surface area contributed by atoms with Gasteiger partial charge in [-0.25, -0.2) is 10.9 Å². The Bertz CT molecular complexity index is 849. The molecule has 2 atom stereocenters. The largest absolute Gasteiger partial charge is 0.338 e. The minimum absolute atomic E-state index is 0.0450. The zero-order valence-corrected chi connectivity index (χ0v) is 16.0. The lowest BCUT2D eigenvalue weighted by Gasteiger charge is -2.36. The monoisotopic (exact) mass is 379 g/mol. The van der Waals surface area contributed by atoms with Crippen molar-refractivity contribution < 1.29 is 9.59 Å². The highest BCUT2D eigenvalue weighted by molar-refractivity contribution is 5.95. The van der Waals surface area contributed by atoms with Crippen molar-refractivity contribution >= 4 is 11.8 Å². The van der Waals surface area contributed by atoms with Gasteiger partial charge in [-0.15, -0.1) is 0 Å². The summed E-state index contributed by atoms with van der Waals surface area (Å²) in [6.07, 6.45) is 4.22. The Labute approximate surface area is 164 Å². The van der Waals surface area contributed by atoms with Crippen LogP contribution in [0.1, 0.15) is 33.9 Å². The Morgan fingerprint density at radius 2 is 1.64 bits per heavy atom. The van der Waals surface area contributed by atoms with Gasteiger partial charge in [-0.3, -0.25) is 14.6 Å². The molecular formula is C21H25N5O2. The molecule has 0 spiro atoms. The van der Waals surface area contributed by atoms with Gasteiger partial charge in [0.05, 0.1) is 0 Å². The number of hydrazine groups is 1. The molecule has 2 N–H and O–H groups in total. The van der Waals surface area contributed by atoms with E-state index in [0.29, 0.717) is 32.6 Å². The molecule has 2 aliphatic rings. The Balaban J connectivity index is 1.32. The maximum atomic E-state index is 12.9. The molecule has 28 heavy (non-hydrogen) atoms. The van der Waals surface area contributed by atoms with Gasteiger partial charge in [-0.1, -0.05) is 18.2 Å². The first-order chi connectivity index (χ1) is 13.6. The first kappa shape index (κ1) is 18.6. The number of pyridine rings is 1. The topological polar surface area (TPSA) is 77.6 Å². The van der Waals surface area contributed by atoms with Crippen LogP contribution in [0.5, 0.6) is 0 Å². The minimum atomic E-state index is -0.253. The van der Waals surface area contributed by atoms with Gasteiger partial charge in [0.2, 0.25) is 5.91 Å². The lowest BCUT2D eigenvalue weighted by atomic mass is 10.0. The zero-order chi connectivity index (χ0) is 19.5. The predicted octanol–water partition coefficient (Wildman–Crippen LogP) is 1.28. The van der Waals surface area contributed by atoms with Gasteiger partial charge in [0.15, 0.2) is 0 Å². The van der Waals surface area contributed by atoms with Crippen molar-refractivity contribution in [2.45, 2.75) is 25.4 Å². The number of carbonyl (C=O) groups excluding carboxylic acids is 2. The fraction of sp³-hybridized carbons (Fsp3) is 0.381. The summed E-state index contributed by atoms with van der Waals surface area (Å²) in [6, 6.07) is 11.4. The molecule has 4 rings (SSSR count). The number of benzene rings is 1. The molecule has 0 saturated carbocycles. The molecule has 7 heteroatoms. The highest BCUT2D eigenvalue weighted by atomic mass is 16.2. The van der Waals surface area contributed by atoms with Crippen LogP contribution in [-0.4, -0.2) is 58.8 Å². The van der Waals surface area contributed by atoms with E-state index in [0.717, 1.165) is 16.7 Å². The molecule has 0 bridgehead atoms. The van der Waals surface area contributed by atoms with Crippen LogP contribution >= 0.6 is 0 Å². The van der Waals surface area contributed by atoms with Crippen molar-refractivity contribution in [3.63, 3.8) is 0 Å². The Morgan fingerprint density at radius 3 is 2.36 bits per heavy atom. The summed E-state index contributed by atoms with van der Waals surface area (Å²) < 4.78 is 0. The highest BCUT2D eigenvalue weighted by Gasteiger charge is 2.34. The Morgan fingerprint density at radius 1 is 0.964 bits per heavy atom. The maximum absolute atomic E-state index is 12.9. The Kier molecular flexibility index (Phi) is 5.36. The molecule has 2 aliphatic heterocycles. The van der Waals surface area contributed by atoms with Crippen molar-refractivity contribution in [2.75, 3.05) is 26.2 Å². The number of hydrogen-bond acceptors (Lipinski definition) is 5. The smallest absolute Gasteiger partial charge is 0.254 e. The quantitative estimate of drug-likeness (QED) is 0.840. The number of rotatable bonds is 3. The van der Waals surface area contributed by atoms with E-state index >= 15 is 0 Å². The van der Waals surface area contributed by atoms with Crippen LogP contribution in [0.2, 0.25) is 0 Å². The fourth-order valence-electron chi connectivity index (χ4n) is 3.87. The minimum Gasteiger partial charge on any atom is -0.338 e. The summed E-state index contributed by atoms with van der Waals surface area (Å²) in [4.78, 5) is 33.4. The van der Waals surface area contributed by atoms with E-state index in [-0.39, 0.29) is 23.9 Å². The van der Waals surface area contributed by atoms with E-state index in [1.807, 2.05) is 53.1 Å². The molecule has 146 valence electrons. The van der Waals surface area contributed by atoms with E-state index < -0.39 is 0 Å². The summed E-state index contributed by atoms with van der Waals surface area (Å²) in [5, 5.41) is 0. The Hall–Kier alpha value is -2.77. The number of aryl methyl sites for hydroxylation is 1. The second-order valence-corrected chi connectivity index (χ2v) is 7.34. The lowest BCUT2D eigenvalue weighted by molar-refractivity contribution is -0.134. The van der Waals surface area contributed by atoms with E-state index in [2.05, 4.69) is 15.8 Å². The van der Waals surface area contributed by atoms with Gasteiger partial charge < -0.3 is 9.80 Å². The molecule has 2 amide bonds. The summed E-state index contributed by atoms with van der Waals surface area (Å²) >= 11 is 0. The van der Waals surface area contributed by atoms with Crippen LogP contribution in [0.15, 0.2) is 48.8 Å². The standard InChI is InChI=1S/C21H25N5O2/c1-15-4-2-3-5-17(15)20(27)25-10-12-26(13-11-25)21(28)19-14-18(23-24-19)16-6-8-22-9-7-16/h2-9,18-19,23-24H,10-14H2,1H3. The second-order valence-electron chi connectivity index (χ2n) is 7.34. The van der Waals surface area contributed by atoms with Crippen molar-refractivity contribution in [1.29, 1.82) is 0 Å². The van der Waals surface area contributed by atoms with Crippen LogP contribution in [0, 0.1) is 6.92 Å². The SMILES string of the molecule is Cc1ccccc1C(=O)N1CCN(C(=O)C2CC(c3ccncc3)NN2)CC1. The van der Waals surface area contributed by atoms with Gasteiger partial charge in [-0.2, -0.15) is 0 Å². The van der Waals surface area contributed by atoms with Crippen molar-refractivity contribution in [2.24, 2.45) is 0 Å². The highest BCUT2D eigenvalue weighted by Crippen LogP contribution is 2.23. The molecule has 0 radical (unpaired) electrons. The first-order valence-electron chi connectivity index (χ1n) is 9.68. The predicted molar refractivity (Wildman–Crippen MR) is 105 cm³/mol. The summed E-state index contributed by atoms with van der Waals surface area (Å²) in [7, 11) is 0. The van der Waals surface area contributed by atoms with Crippen molar-refractivity contribution in [3.05, 3.63) is 65.5 Å². The van der Waals surface area contributed by atoms with E-state index in [1.165, 1.54) is 0 Å². The average Bonchev–Trinajstić information content (AvgIpc) is 3.24. The number of piperazine rings is 1. The van der Waals surface area contributed by atoms with Crippen molar-refractivity contribution in [1.82, 2.24) is 25.6 Å². The third-order valence-electron chi connectivity index (χ3n) is 5.56. The molecule has 1 aromatic heterocycles. The molecular weight excluding hydrogens is 354 g/mol. The lowest BCUT2D eigenvalue weighted by Crippen LogP contribution is -2.54. The normalized spacial score (nSPS) is 22.3. The second kappa shape index (κ2) is 8.08. The number of aromatic nitrogens is 1. The molecule has 2 unspecified atom stereocenters. The maximum Gasteiger partial charge on any atom is 0.254 e. The molecule has 0 aliphatic carbocycles. The van der Waals surface area contributed by atoms with E-state index in [9.17, 15) is 9.59 Å². The van der Waals surface area contributed by atoms with E-state index in [1.54, 1.807) is 12.4 Å². The molecule has 2 aromatic rings. The van der Waals surface area contributed by atoms with Crippen LogP contribution in [0.4, 0.5) is 0 Å². The molecule has 1 aromatic carbocycles. The fourth-order valence-corrected chi connectivity index (χ4v) is 3.87. The van der Waals surface area contributed by atoms with Crippen LogP contribution < -0.4 is 10.9 Å². The van der Waals surface area contributed by atoms with Gasteiger partial charge in [-0.05, 0) is 42.7 Å². The number of hydrogen-bond donors (Lipinski definition) is 2. The first-order valence-corrected chi connectivity index (χ1v) is 9.68. The number of carbonyl (C=O) groups is 2. The molecule has 2 fully saturated rings. The average molecular weight is 379 g/mol. The van der Waals surface area contributed by atoms with Crippen molar-refractivity contribution in [3.8, 4) is 0 Å². The summed E-state index contributed by atoms with van der Waals surface area (Å²) in [6.45, 7) is 4.20. The molecule has 2 saturated heterocycles. The molecule has 3 heterocycles. The van der Waals surface area contributed by atoms with Gasteiger partial charge in [0.1, 0.15) is 6.04 Å². The zero-order valence-electron chi connectivity index (χ0n) is 16.0. The summed E-state index contributed by atoms with van der Waals surface area (Å²) in [5.41, 5.74) is 9.17. The van der Waals surface area contributed by atoms with Gasteiger partial charge >= 0.3 is 0 Å².